The third kappa shape index (κ3) is 4.91. The summed E-state index contributed by atoms with van der Waals surface area (Å²) < 4.78 is 0. The number of aliphatic carboxylic acids is 1. The highest BCUT2D eigenvalue weighted by Crippen LogP contribution is 2.17. The summed E-state index contributed by atoms with van der Waals surface area (Å²) in [4.78, 5) is 23.9. The minimum Gasteiger partial charge on any atom is -0.481 e. The van der Waals surface area contributed by atoms with Crippen molar-refractivity contribution in [2.45, 2.75) is 32.7 Å². The van der Waals surface area contributed by atoms with Crippen molar-refractivity contribution in [1.29, 1.82) is 0 Å². The van der Waals surface area contributed by atoms with Crippen LogP contribution in [-0.2, 0) is 4.79 Å². The highest BCUT2D eigenvalue weighted by atomic mass is 16.4. The Morgan fingerprint density at radius 2 is 1.90 bits per heavy atom. The monoisotopic (exact) mass is 278 g/mol. The lowest BCUT2D eigenvalue weighted by Crippen LogP contribution is -2.40. The van der Waals surface area contributed by atoms with Crippen molar-refractivity contribution in [2.75, 3.05) is 13.6 Å². The van der Waals surface area contributed by atoms with E-state index in [0.717, 1.165) is 12.0 Å². The molecule has 0 heterocycles. The fourth-order valence-corrected chi connectivity index (χ4v) is 1.84. The van der Waals surface area contributed by atoms with Gasteiger partial charge in [0.2, 0.25) is 0 Å². The van der Waals surface area contributed by atoms with Crippen molar-refractivity contribution in [3.8, 4) is 0 Å². The van der Waals surface area contributed by atoms with Crippen LogP contribution in [0.5, 0.6) is 0 Å². The summed E-state index contributed by atoms with van der Waals surface area (Å²) in [5.41, 5.74) is 2.23. The average Bonchev–Trinajstić information content (AvgIpc) is 2.42. The maximum Gasteiger partial charge on any atom is 0.317 e. The number of benzene rings is 1. The number of amides is 2. The number of hydrogen-bond donors (Lipinski definition) is 2. The quantitative estimate of drug-likeness (QED) is 0.840. The molecule has 0 aliphatic heterocycles. The molecule has 1 rings (SSSR count). The number of nitrogens with one attached hydrogen (secondary N) is 1. The molecule has 2 N–H and O–H groups in total. The number of aryl methyl sites for hydroxylation is 1. The Morgan fingerprint density at radius 3 is 2.40 bits per heavy atom. The Balaban J connectivity index is 2.61. The molecular formula is C15H22N2O3. The molecule has 1 aromatic carbocycles. The third-order valence-corrected chi connectivity index (χ3v) is 3.19. The molecule has 0 saturated carbocycles. The van der Waals surface area contributed by atoms with Gasteiger partial charge < -0.3 is 15.3 Å². The van der Waals surface area contributed by atoms with Gasteiger partial charge in [-0.1, -0.05) is 36.8 Å². The van der Waals surface area contributed by atoms with E-state index in [2.05, 4.69) is 5.32 Å². The Hall–Kier alpha value is -2.04. The second kappa shape index (κ2) is 7.53. The number of carbonyl (C=O) groups is 2. The van der Waals surface area contributed by atoms with E-state index in [4.69, 9.17) is 5.11 Å². The van der Waals surface area contributed by atoms with E-state index in [0.29, 0.717) is 0 Å². The van der Waals surface area contributed by atoms with Crippen molar-refractivity contribution in [2.24, 2.45) is 0 Å². The third-order valence-electron chi connectivity index (χ3n) is 3.19. The van der Waals surface area contributed by atoms with Crippen molar-refractivity contribution in [3.05, 3.63) is 35.4 Å². The molecule has 0 aliphatic carbocycles. The largest absolute Gasteiger partial charge is 0.481 e. The average molecular weight is 278 g/mol. The predicted molar refractivity (Wildman–Crippen MR) is 77.6 cm³/mol. The van der Waals surface area contributed by atoms with Gasteiger partial charge in [-0.05, 0) is 18.9 Å². The van der Waals surface area contributed by atoms with E-state index in [1.165, 1.54) is 10.5 Å². The number of rotatable bonds is 6. The Kier molecular flexibility index (Phi) is 6.03. The standard InChI is InChI=1S/C15H22N2O3/c1-4-13(12-7-5-11(2)6-8-12)16-15(20)17(3)10-9-14(18)19/h5-8,13H,4,9-10H2,1-3H3,(H,16,20)(H,18,19). The molecule has 0 spiro atoms. The molecule has 2 amide bonds. The van der Waals surface area contributed by atoms with E-state index in [1.807, 2.05) is 38.1 Å². The number of carboxylic acids is 1. The Bertz CT molecular complexity index is 457. The van der Waals surface area contributed by atoms with Crippen molar-refractivity contribution in [3.63, 3.8) is 0 Å². The summed E-state index contributed by atoms with van der Waals surface area (Å²) in [5.74, 6) is -0.907. The van der Waals surface area contributed by atoms with Gasteiger partial charge in [-0.3, -0.25) is 4.79 Å². The van der Waals surface area contributed by atoms with Crippen LogP contribution in [0.3, 0.4) is 0 Å². The number of urea groups is 1. The molecule has 1 aromatic rings. The molecule has 0 saturated heterocycles. The second-order valence-electron chi connectivity index (χ2n) is 4.89. The molecule has 0 aliphatic rings. The van der Waals surface area contributed by atoms with Gasteiger partial charge in [0.1, 0.15) is 0 Å². The first kappa shape index (κ1) is 16.0. The number of carbonyl (C=O) groups excluding carboxylic acids is 1. The van der Waals surface area contributed by atoms with Crippen LogP contribution in [0.25, 0.3) is 0 Å². The fourth-order valence-electron chi connectivity index (χ4n) is 1.84. The van der Waals surface area contributed by atoms with E-state index >= 15 is 0 Å². The first-order chi connectivity index (χ1) is 9.43. The zero-order chi connectivity index (χ0) is 15.1. The van der Waals surface area contributed by atoms with Crippen LogP contribution in [0.1, 0.15) is 36.9 Å². The highest BCUT2D eigenvalue weighted by Gasteiger charge is 2.16. The summed E-state index contributed by atoms with van der Waals surface area (Å²) >= 11 is 0. The molecule has 0 bridgehead atoms. The minimum absolute atomic E-state index is 0.0504. The van der Waals surface area contributed by atoms with Gasteiger partial charge in [0.05, 0.1) is 12.5 Å². The highest BCUT2D eigenvalue weighted by molar-refractivity contribution is 5.75. The molecule has 0 radical (unpaired) electrons. The molecule has 5 heteroatoms. The smallest absolute Gasteiger partial charge is 0.317 e. The van der Waals surface area contributed by atoms with Crippen LogP contribution >= 0.6 is 0 Å². The van der Waals surface area contributed by atoms with E-state index in [1.54, 1.807) is 7.05 Å². The number of hydrogen-bond acceptors (Lipinski definition) is 2. The summed E-state index contributed by atoms with van der Waals surface area (Å²) in [6.07, 6.45) is 0.729. The normalized spacial score (nSPS) is 11.8. The topological polar surface area (TPSA) is 69.6 Å². The molecular weight excluding hydrogens is 256 g/mol. The minimum atomic E-state index is -0.907. The first-order valence-corrected chi connectivity index (χ1v) is 6.74. The molecule has 5 nitrogen and oxygen atoms in total. The fraction of sp³-hybridized carbons (Fsp3) is 0.467. The van der Waals surface area contributed by atoms with Crippen molar-refractivity contribution < 1.29 is 14.7 Å². The zero-order valence-corrected chi connectivity index (χ0v) is 12.2. The van der Waals surface area contributed by atoms with Crippen LogP contribution < -0.4 is 5.32 Å². The summed E-state index contributed by atoms with van der Waals surface area (Å²) in [6, 6.07) is 7.72. The van der Waals surface area contributed by atoms with Crippen molar-refractivity contribution in [1.82, 2.24) is 10.2 Å². The molecule has 110 valence electrons. The number of nitrogens with zero attached hydrogens (tertiary/aromatic N) is 1. The molecule has 1 atom stereocenters. The van der Waals surface area contributed by atoms with Gasteiger partial charge >= 0.3 is 12.0 Å². The van der Waals surface area contributed by atoms with Crippen LogP contribution in [0.2, 0.25) is 0 Å². The Labute approximate surface area is 119 Å². The molecule has 0 fully saturated rings. The second-order valence-corrected chi connectivity index (χ2v) is 4.89. The lowest BCUT2D eigenvalue weighted by atomic mass is 10.0. The van der Waals surface area contributed by atoms with Gasteiger partial charge in [-0.2, -0.15) is 0 Å². The van der Waals surface area contributed by atoms with Crippen LogP contribution in [0, 0.1) is 6.92 Å². The summed E-state index contributed by atoms with van der Waals surface area (Å²) in [6.45, 7) is 4.22. The lowest BCUT2D eigenvalue weighted by Gasteiger charge is -2.23. The maximum absolute atomic E-state index is 12.0. The summed E-state index contributed by atoms with van der Waals surface area (Å²) in [7, 11) is 1.60. The van der Waals surface area contributed by atoms with E-state index < -0.39 is 5.97 Å². The van der Waals surface area contributed by atoms with Crippen molar-refractivity contribution >= 4 is 12.0 Å². The van der Waals surface area contributed by atoms with Crippen LogP contribution in [-0.4, -0.2) is 35.6 Å². The van der Waals surface area contributed by atoms with Crippen LogP contribution in [0.4, 0.5) is 4.79 Å². The maximum atomic E-state index is 12.0. The SMILES string of the molecule is CCC(NC(=O)N(C)CCC(=O)O)c1ccc(C)cc1. The van der Waals surface area contributed by atoms with Crippen LogP contribution in [0.15, 0.2) is 24.3 Å². The van der Waals surface area contributed by atoms with Gasteiger partial charge in [0.15, 0.2) is 0 Å². The van der Waals surface area contributed by atoms with Gasteiger partial charge in [-0.25, -0.2) is 4.79 Å². The molecule has 1 unspecified atom stereocenters. The Morgan fingerprint density at radius 1 is 1.30 bits per heavy atom. The number of carboxylic acid groups (broad SMARTS) is 1. The zero-order valence-electron chi connectivity index (χ0n) is 12.2. The summed E-state index contributed by atoms with van der Waals surface area (Å²) in [5, 5.41) is 11.5. The van der Waals surface area contributed by atoms with E-state index in [-0.39, 0.29) is 25.0 Å². The molecule has 20 heavy (non-hydrogen) atoms. The predicted octanol–water partition coefficient (Wildman–Crippen LogP) is 2.56. The van der Waals surface area contributed by atoms with Gasteiger partial charge in [0, 0.05) is 13.6 Å². The van der Waals surface area contributed by atoms with E-state index in [9.17, 15) is 9.59 Å². The van der Waals surface area contributed by atoms with Gasteiger partial charge in [0.25, 0.3) is 0 Å². The van der Waals surface area contributed by atoms with Gasteiger partial charge in [-0.15, -0.1) is 0 Å². The lowest BCUT2D eigenvalue weighted by molar-refractivity contribution is -0.137. The molecule has 0 aromatic heterocycles. The first-order valence-electron chi connectivity index (χ1n) is 6.74.